The van der Waals surface area contributed by atoms with Crippen molar-refractivity contribution in [2.24, 2.45) is 0 Å². The number of alkyl carbamates (subject to hydrolysis) is 1. The van der Waals surface area contributed by atoms with Crippen LogP contribution >= 0.6 is 0 Å². The lowest BCUT2D eigenvalue weighted by molar-refractivity contribution is 0.143. The fraction of sp³-hybridized carbons (Fsp3) is 0.250. The molecular weight excluding hydrogens is 347 g/mol. The van der Waals surface area contributed by atoms with Crippen LogP contribution in [0.2, 0.25) is 0 Å². The van der Waals surface area contributed by atoms with Crippen molar-refractivity contribution in [2.75, 3.05) is 6.61 Å². The van der Waals surface area contributed by atoms with Gasteiger partial charge in [0.2, 0.25) is 0 Å². The molecule has 0 radical (unpaired) electrons. The summed E-state index contributed by atoms with van der Waals surface area (Å²) in [6.45, 7) is 4.14. The highest BCUT2D eigenvalue weighted by atomic mass is 19.1. The van der Waals surface area contributed by atoms with E-state index in [1.165, 1.54) is 12.1 Å². The average molecular weight is 368 g/mol. The summed E-state index contributed by atoms with van der Waals surface area (Å²) in [6.07, 6.45) is 3.65. The summed E-state index contributed by atoms with van der Waals surface area (Å²) in [5, 5.41) is 10.2. The molecule has 1 atom stereocenters. The number of aromatic amines is 1. The van der Waals surface area contributed by atoms with E-state index in [-0.39, 0.29) is 11.9 Å². The molecule has 0 spiro atoms. The van der Waals surface area contributed by atoms with Gasteiger partial charge in [0, 0.05) is 23.5 Å². The fourth-order valence-corrected chi connectivity index (χ4v) is 2.78. The van der Waals surface area contributed by atoms with Gasteiger partial charge in [-0.1, -0.05) is 6.92 Å². The molecule has 0 bridgehead atoms. The third-order valence-electron chi connectivity index (χ3n) is 4.09. The number of nitrogens with one attached hydrogen (secondary N) is 2. The first-order valence-electron chi connectivity index (χ1n) is 8.78. The molecule has 3 aromatic rings. The van der Waals surface area contributed by atoms with Gasteiger partial charge in [-0.3, -0.25) is 10.1 Å². The fourth-order valence-electron chi connectivity index (χ4n) is 2.78. The summed E-state index contributed by atoms with van der Waals surface area (Å²) < 4.78 is 18.4. The third-order valence-corrected chi connectivity index (χ3v) is 4.09. The molecule has 1 unspecified atom stereocenters. The largest absolute Gasteiger partial charge is 0.450 e. The van der Waals surface area contributed by atoms with Crippen molar-refractivity contribution in [3.05, 3.63) is 60.3 Å². The van der Waals surface area contributed by atoms with E-state index in [1.54, 1.807) is 24.5 Å². The zero-order valence-corrected chi connectivity index (χ0v) is 15.2. The molecule has 0 fully saturated rings. The Balaban J connectivity index is 1.99. The maximum absolute atomic E-state index is 13.3. The van der Waals surface area contributed by atoms with E-state index in [0.717, 1.165) is 28.8 Å². The van der Waals surface area contributed by atoms with E-state index in [2.05, 4.69) is 20.5 Å². The molecule has 2 heterocycles. The van der Waals surface area contributed by atoms with Crippen molar-refractivity contribution in [2.45, 2.75) is 26.3 Å². The number of rotatable bonds is 6. The Bertz CT molecular complexity index is 894. The number of hydrogen-bond donors (Lipinski definition) is 2. The minimum atomic E-state index is -0.483. The molecule has 27 heavy (non-hydrogen) atoms. The Morgan fingerprint density at radius 2 is 1.89 bits per heavy atom. The second-order valence-electron chi connectivity index (χ2n) is 6.11. The summed E-state index contributed by atoms with van der Waals surface area (Å²) in [5.74, 6) is -0.311. The van der Waals surface area contributed by atoms with Crippen LogP contribution in [-0.4, -0.2) is 27.9 Å². The second-order valence-corrected chi connectivity index (χ2v) is 6.11. The van der Waals surface area contributed by atoms with Crippen molar-refractivity contribution in [1.29, 1.82) is 0 Å². The zero-order valence-electron chi connectivity index (χ0n) is 15.2. The van der Waals surface area contributed by atoms with Crippen molar-refractivity contribution >= 4 is 6.09 Å². The number of hydrogen-bond acceptors (Lipinski definition) is 4. The van der Waals surface area contributed by atoms with E-state index in [4.69, 9.17) is 4.74 Å². The number of pyridine rings is 1. The monoisotopic (exact) mass is 368 g/mol. The number of amides is 1. The standard InChI is InChI=1S/C20H21FN4O2/c1-3-12-27-20(26)23-13(2)18-17(14-8-10-22-11-9-14)19(25-24-18)15-4-6-16(21)7-5-15/h4-11,13H,3,12H2,1-2H3,(H,23,26)(H,24,25). The second kappa shape index (κ2) is 8.44. The zero-order chi connectivity index (χ0) is 19.2. The van der Waals surface area contributed by atoms with Crippen LogP contribution in [0.15, 0.2) is 48.8 Å². The summed E-state index contributed by atoms with van der Waals surface area (Å²) >= 11 is 0. The van der Waals surface area contributed by atoms with Gasteiger partial charge < -0.3 is 10.1 Å². The molecule has 0 aliphatic carbocycles. The highest BCUT2D eigenvalue weighted by Crippen LogP contribution is 2.35. The first-order valence-corrected chi connectivity index (χ1v) is 8.78. The Hall–Kier alpha value is -3.22. The molecule has 140 valence electrons. The van der Waals surface area contributed by atoms with E-state index >= 15 is 0 Å². The molecule has 2 N–H and O–H groups in total. The normalized spacial score (nSPS) is 11.8. The highest BCUT2D eigenvalue weighted by Gasteiger charge is 2.22. The number of halogens is 1. The van der Waals surface area contributed by atoms with E-state index < -0.39 is 6.09 Å². The van der Waals surface area contributed by atoms with Gasteiger partial charge in [0.1, 0.15) is 11.5 Å². The van der Waals surface area contributed by atoms with Crippen molar-refractivity contribution in [3.8, 4) is 22.4 Å². The Morgan fingerprint density at radius 1 is 1.19 bits per heavy atom. The van der Waals surface area contributed by atoms with Crippen molar-refractivity contribution < 1.29 is 13.9 Å². The number of benzene rings is 1. The predicted molar refractivity (Wildman–Crippen MR) is 100 cm³/mol. The minimum Gasteiger partial charge on any atom is -0.450 e. The van der Waals surface area contributed by atoms with Crippen LogP contribution in [0.5, 0.6) is 0 Å². The minimum absolute atomic E-state index is 0.311. The molecule has 2 aromatic heterocycles. The maximum atomic E-state index is 13.3. The van der Waals surface area contributed by atoms with Crippen LogP contribution in [0.4, 0.5) is 9.18 Å². The van der Waals surface area contributed by atoms with E-state index in [0.29, 0.717) is 12.3 Å². The molecule has 3 rings (SSSR count). The Labute approximate surface area is 156 Å². The summed E-state index contributed by atoms with van der Waals surface area (Å²) in [6, 6.07) is 9.50. The van der Waals surface area contributed by atoms with Crippen LogP contribution < -0.4 is 5.32 Å². The lowest BCUT2D eigenvalue weighted by Gasteiger charge is -2.15. The van der Waals surface area contributed by atoms with E-state index in [9.17, 15) is 9.18 Å². The summed E-state index contributed by atoms with van der Waals surface area (Å²) in [5.41, 5.74) is 3.89. The quantitative estimate of drug-likeness (QED) is 0.672. The predicted octanol–water partition coefficient (Wildman–Crippen LogP) is 4.48. The number of carbonyl (C=O) groups excluding carboxylic acids is 1. The summed E-state index contributed by atoms with van der Waals surface area (Å²) in [7, 11) is 0. The SMILES string of the molecule is CCCOC(=O)NC(C)c1[nH]nc(-c2ccc(F)cc2)c1-c1ccncc1. The van der Waals surface area contributed by atoms with Crippen LogP contribution in [0, 0.1) is 5.82 Å². The van der Waals surface area contributed by atoms with Gasteiger partial charge >= 0.3 is 6.09 Å². The molecule has 0 saturated carbocycles. The summed E-state index contributed by atoms with van der Waals surface area (Å²) in [4.78, 5) is 16.0. The van der Waals surface area contributed by atoms with Gasteiger partial charge in [0.05, 0.1) is 18.3 Å². The maximum Gasteiger partial charge on any atom is 0.407 e. The van der Waals surface area contributed by atoms with Gasteiger partial charge in [-0.05, 0) is 55.3 Å². The van der Waals surface area contributed by atoms with Crippen LogP contribution in [0.3, 0.4) is 0 Å². The number of H-pyrrole nitrogens is 1. The number of ether oxygens (including phenoxy) is 1. The number of carbonyl (C=O) groups is 1. The van der Waals surface area contributed by atoms with Crippen LogP contribution in [-0.2, 0) is 4.74 Å². The first kappa shape index (κ1) is 18.6. The average Bonchev–Trinajstić information content (AvgIpc) is 3.13. The highest BCUT2D eigenvalue weighted by molar-refractivity contribution is 5.83. The molecule has 0 saturated heterocycles. The molecule has 0 aliphatic heterocycles. The molecule has 1 aromatic carbocycles. The van der Waals surface area contributed by atoms with E-state index in [1.807, 2.05) is 26.0 Å². The van der Waals surface area contributed by atoms with Crippen LogP contribution in [0.1, 0.15) is 32.0 Å². The molecule has 7 heteroatoms. The third kappa shape index (κ3) is 4.31. The molecule has 1 amide bonds. The van der Waals surface area contributed by atoms with Gasteiger partial charge in [-0.15, -0.1) is 0 Å². The molecule has 6 nitrogen and oxygen atoms in total. The molecule has 0 aliphatic rings. The van der Waals surface area contributed by atoms with Gasteiger partial charge in [0.15, 0.2) is 0 Å². The lowest BCUT2D eigenvalue weighted by atomic mass is 9.97. The first-order chi connectivity index (χ1) is 13.1. The van der Waals surface area contributed by atoms with Gasteiger partial charge in [0.25, 0.3) is 0 Å². The van der Waals surface area contributed by atoms with Crippen molar-refractivity contribution in [3.63, 3.8) is 0 Å². The van der Waals surface area contributed by atoms with Crippen LogP contribution in [0.25, 0.3) is 22.4 Å². The Kier molecular flexibility index (Phi) is 5.80. The lowest BCUT2D eigenvalue weighted by Crippen LogP contribution is -2.28. The smallest absolute Gasteiger partial charge is 0.407 e. The number of nitrogens with zero attached hydrogens (tertiary/aromatic N) is 2. The van der Waals surface area contributed by atoms with Gasteiger partial charge in [-0.2, -0.15) is 5.10 Å². The molecular formula is C20H21FN4O2. The Morgan fingerprint density at radius 3 is 2.56 bits per heavy atom. The topological polar surface area (TPSA) is 79.9 Å². The van der Waals surface area contributed by atoms with Crippen molar-refractivity contribution in [1.82, 2.24) is 20.5 Å². The van der Waals surface area contributed by atoms with Gasteiger partial charge in [-0.25, -0.2) is 9.18 Å². The number of aromatic nitrogens is 3.